The average Bonchev–Trinajstić information content (AvgIpc) is 2.43. The third kappa shape index (κ3) is 4.36. The van der Waals surface area contributed by atoms with Crippen molar-refractivity contribution in [3.8, 4) is 5.75 Å². The van der Waals surface area contributed by atoms with E-state index in [-0.39, 0.29) is 18.0 Å². The SMILES string of the molecule is CC(C)Oc1ccc(C(C)Nc2cc(Cl)ccc2F)cc1. The first-order valence-electron chi connectivity index (χ1n) is 6.94. The predicted molar refractivity (Wildman–Crippen MR) is 85.7 cm³/mol. The van der Waals surface area contributed by atoms with Gasteiger partial charge in [-0.05, 0) is 56.7 Å². The molecule has 0 aliphatic carbocycles. The van der Waals surface area contributed by atoms with Gasteiger partial charge in [0.05, 0.1) is 11.8 Å². The standard InChI is InChI=1S/C17H19ClFNO/c1-11(2)21-15-7-4-13(5-8-15)12(3)20-17-10-14(18)6-9-16(17)19/h4-12,20H,1-3H3. The Morgan fingerprint density at radius 1 is 1.05 bits per heavy atom. The Bertz CT molecular complexity index is 598. The van der Waals surface area contributed by atoms with Crippen molar-refractivity contribution in [2.24, 2.45) is 0 Å². The number of hydrogen-bond acceptors (Lipinski definition) is 2. The molecule has 0 aromatic heterocycles. The number of rotatable bonds is 5. The normalized spacial score (nSPS) is 12.3. The Morgan fingerprint density at radius 3 is 2.33 bits per heavy atom. The fourth-order valence-corrected chi connectivity index (χ4v) is 2.20. The molecule has 0 saturated heterocycles. The molecule has 21 heavy (non-hydrogen) atoms. The van der Waals surface area contributed by atoms with Crippen LogP contribution in [0.2, 0.25) is 5.02 Å². The van der Waals surface area contributed by atoms with Crippen LogP contribution in [0.3, 0.4) is 0 Å². The van der Waals surface area contributed by atoms with Crippen LogP contribution in [0.4, 0.5) is 10.1 Å². The maximum atomic E-state index is 13.7. The largest absolute Gasteiger partial charge is 0.491 e. The van der Waals surface area contributed by atoms with Crippen molar-refractivity contribution < 1.29 is 9.13 Å². The van der Waals surface area contributed by atoms with Crippen LogP contribution in [-0.2, 0) is 0 Å². The molecule has 2 aromatic carbocycles. The van der Waals surface area contributed by atoms with E-state index in [4.69, 9.17) is 16.3 Å². The highest BCUT2D eigenvalue weighted by Crippen LogP contribution is 2.25. The fourth-order valence-electron chi connectivity index (χ4n) is 2.03. The molecule has 0 aliphatic rings. The van der Waals surface area contributed by atoms with Gasteiger partial charge in [0.25, 0.3) is 0 Å². The molecule has 4 heteroatoms. The van der Waals surface area contributed by atoms with E-state index in [2.05, 4.69) is 5.32 Å². The minimum atomic E-state index is -0.314. The number of benzene rings is 2. The van der Waals surface area contributed by atoms with Gasteiger partial charge in [-0.2, -0.15) is 0 Å². The highest BCUT2D eigenvalue weighted by molar-refractivity contribution is 6.30. The summed E-state index contributed by atoms with van der Waals surface area (Å²) in [6.45, 7) is 5.94. The number of anilines is 1. The Kier molecular flexibility index (Phi) is 5.07. The van der Waals surface area contributed by atoms with E-state index < -0.39 is 0 Å². The van der Waals surface area contributed by atoms with Crippen molar-refractivity contribution >= 4 is 17.3 Å². The Labute approximate surface area is 129 Å². The molecule has 1 N–H and O–H groups in total. The summed E-state index contributed by atoms with van der Waals surface area (Å²) in [5.74, 6) is 0.515. The summed E-state index contributed by atoms with van der Waals surface area (Å²) >= 11 is 5.89. The van der Waals surface area contributed by atoms with E-state index in [9.17, 15) is 4.39 Å². The van der Waals surface area contributed by atoms with Gasteiger partial charge in [0, 0.05) is 11.1 Å². The lowest BCUT2D eigenvalue weighted by molar-refractivity contribution is 0.242. The van der Waals surface area contributed by atoms with Gasteiger partial charge in [-0.15, -0.1) is 0 Å². The zero-order valence-corrected chi connectivity index (χ0v) is 13.1. The Hall–Kier alpha value is -1.74. The maximum absolute atomic E-state index is 13.7. The van der Waals surface area contributed by atoms with Crippen LogP contribution in [0.1, 0.15) is 32.4 Å². The summed E-state index contributed by atoms with van der Waals surface area (Å²) in [5.41, 5.74) is 1.45. The Morgan fingerprint density at radius 2 is 1.71 bits per heavy atom. The molecule has 0 fully saturated rings. The van der Waals surface area contributed by atoms with E-state index in [0.29, 0.717) is 10.7 Å². The van der Waals surface area contributed by atoms with Crippen molar-refractivity contribution in [1.82, 2.24) is 0 Å². The first-order chi connectivity index (χ1) is 9.95. The second kappa shape index (κ2) is 6.81. The molecular formula is C17H19ClFNO. The van der Waals surface area contributed by atoms with Gasteiger partial charge in [-0.3, -0.25) is 0 Å². The average molecular weight is 308 g/mol. The minimum Gasteiger partial charge on any atom is -0.491 e. The lowest BCUT2D eigenvalue weighted by Gasteiger charge is -2.17. The van der Waals surface area contributed by atoms with Crippen molar-refractivity contribution in [1.29, 1.82) is 0 Å². The van der Waals surface area contributed by atoms with Crippen molar-refractivity contribution in [2.45, 2.75) is 32.9 Å². The molecule has 0 spiro atoms. The van der Waals surface area contributed by atoms with Gasteiger partial charge in [-0.1, -0.05) is 23.7 Å². The smallest absolute Gasteiger partial charge is 0.146 e. The van der Waals surface area contributed by atoms with E-state index in [0.717, 1.165) is 11.3 Å². The van der Waals surface area contributed by atoms with Crippen LogP contribution in [0.5, 0.6) is 5.75 Å². The van der Waals surface area contributed by atoms with Crippen LogP contribution >= 0.6 is 11.6 Å². The summed E-state index contributed by atoms with van der Waals surface area (Å²) in [4.78, 5) is 0. The molecule has 0 amide bonds. The van der Waals surface area contributed by atoms with Gasteiger partial charge < -0.3 is 10.1 Å². The molecule has 1 unspecified atom stereocenters. The lowest BCUT2D eigenvalue weighted by atomic mass is 10.1. The molecule has 0 heterocycles. The van der Waals surface area contributed by atoms with Crippen LogP contribution in [0, 0.1) is 5.82 Å². The van der Waals surface area contributed by atoms with Gasteiger partial charge in [0.15, 0.2) is 0 Å². The van der Waals surface area contributed by atoms with Gasteiger partial charge in [0.2, 0.25) is 0 Å². The highest BCUT2D eigenvalue weighted by Gasteiger charge is 2.09. The number of nitrogens with one attached hydrogen (secondary N) is 1. The Balaban J connectivity index is 2.09. The summed E-state index contributed by atoms with van der Waals surface area (Å²) in [6.07, 6.45) is 0.145. The van der Waals surface area contributed by atoms with Crippen LogP contribution < -0.4 is 10.1 Å². The summed E-state index contributed by atoms with van der Waals surface area (Å²) in [5, 5.41) is 3.63. The summed E-state index contributed by atoms with van der Waals surface area (Å²) in [6, 6.07) is 12.2. The third-order valence-electron chi connectivity index (χ3n) is 3.05. The fraction of sp³-hybridized carbons (Fsp3) is 0.294. The quantitative estimate of drug-likeness (QED) is 0.794. The molecule has 2 rings (SSSR count). The molecular weight excluding hydrogens is 289 g/mol. The molecule has 2 nitrogen and oxygen atoms in total. The molecule has 0 saturated carbocycles. The van der Waals surface area contributed by atoms with E-state index in [1.54, 1.807) is 6.07 Å². The van der Waals surface area contributed by atoms with Crippen molar-refractivity contribution in [2.75, 3.05) is 5.32 Å². The number of hydrogen-bond donors (Lipinski definition) is 1. The highest BCUT2D eigenvalue weighted by atomic mass is 35.5. The third-order valence-corrected chi connectivity index (χ3v) is 3.29. The molecule has 0 radical (unpaired) electrons. The maximum Gasteiger partial charge on any atom is 0.146 e. The first kappa shape index (κ1) is 15.6. The zero-order valence-electron chi connectivity index (χ0n) is 12.4. The van der Waals surface area contributed by atoms with Gasteiger partial charge in [0.1, 0.15) is 11.6 Å². The molecule has 1 atom stereocenters. The van der Waals surface area contributed by atoms with Crippen molar-refractivity contribution in [3.05, 3.63) is 58.9 Å². The summed E-state index contributed by atoms with van der Waals surface area (Å²) in [7, 11) is 0. The van der Waals surface area contributed by atoms with E-state index in [1.807, 2.05) is 45.0 Å². The van der Waals surface area contributed by atoms with Crippen LogP contribution in [-0.4, -0.2) is 6.10 Å². The monoisotopic (exact) mass is 307 g/mol. The lowest BCUT2D eigenvalue weighted by Crippen LogP contribution is -2.09. The van der Waals surface area contributed by atoms with Crippen LogP contribution in [0.25, 0.3) is 0 Å². The number of halogens is 2. The number of ether oxygens (including phenoxy) is 1. The van der Waals surface area contributed by atoms with E-state index >= 15 is 0 Å². The molecule has 112 valence electrons. The topological polar surface area (TPSA) is 21.3 Å². The summed E-state index contributed by atoms with van der Waals surface area (Å²) < 4.78 is 19.3. The first-order valence-corrected chi connectivity index (χ1v) is 7.31. The second-order valence-electron chi connectivity index (χ2n) is 5.23. The minimum absolute atomic E-state index is 0.0360. The molecule has 0 bridgehead atoms. The van der Waals surface area contributed by atoms with Gasteiger partial charge in [-0.25, -0.2) is 4.39 Å². The molecule has 0 aliphatic heterocycles. The van der Waals surface area contributed by atoms with Crippen LogP contribution in [0.15, 0.2) is 42.5 Å². The molecule has 2 aromatic rings. The van der Waals surface area contributed by atoms with E-state index in [1.165, 1.54) is 12.1 Å². The zero-order chi connectivity index (χ0) is 15.4. The predicted octanol–water partition coefficient (Wildman–Crippen LogP) is 5.44. The van der Waals surface area contributed by atoms with Gasteiger partial charge >= 0.3 is 0 Å². The second-order valence-corrected chi connectivity index (χ2v) is 5.66. The van der Waals surface area contributed by atoms with Crippen molar-refractivity contribution in [3.63, 3.8) is 0 Å².